The molecule has 0 aromatic heterocycles. The van der Waals surface area contributed by atoms with Gasteiger partial charge in [-0.3, -0.25) is 20.4 Å². The van der Waals surface area contributed by atoms with Gasteiger partial charge in [-0.25, -0.2) is 0 Å². The summed E-state index contributed by atoms with van der Waals surface area (Å²) in [5.74, 6) is 0.657. The average Bonchev–Trinajstić information content (AvgIpc) is 2.67. The van der Waals surface area contributed by atoms with Crippen molar-refractivity contribution < 1.29 is 19.1 Å². The van der Waals surface area contributed by atoms with Crippen LogP contribution in [0.25, 0.3) is 0 Å². The van der Waals surface area contributed by atoms with Gasteiger partial charge in [0.05, 0.1) is 4.47 Å². The van der Waals surface area contributed by atoms with Crippen molar-refractivity contribution in [3.63, 3.8) is 0 Å². The third kappa shape index (κ3) is 6.78. The van der Waals surface area contributed by atoms with E-state index >= 15 is 0 Å². The largest absolute Gasteiger partial charge is 0.483 e. The number of benzene rings is 2. The van der Waals surface area contributed by atoms with Crippen molar-refractivity contribution in [1.82, 2.24) is 10.9 Å². The van der Waals surface area contributed by atoms with Crippen LogP contribution in [0.1, 0.15) is 43.4 Å². The van der Waals surface area contributed by atoms with Gasteiger partial charge in [-0.1, -0.05) is 32.0 Å². The first-order valence-corrected chi connectivity index (χ1v) is 10.2. The van der Waals surface area contributed by atoms with E-state index in [1.807, 2.05) is 50.2 Å². The summed E-state index contributed by atoms with van der Waals surface area (Å²) in [6.07, 6.45) is -0.769. The Labute approximate surface area is 180 Å². The molecule has 29 heavy (non-hydrogen) atoms. The number of amides is 2. The first-order chi connectivity index (χ1) is 13.7. The number of rotatable bonds is 7. The lowest BCUT2D eigenvalue weighted by Crippen LogP contribution is -2.48. The minimum absolute atomic E-state index is 0.230. The van der Waals surface area contributed by atoms with Crippen LogP contribution < -0.4 is 20.3 Å². The van der Waals surface area contributed by atoms with Crippen LogP contribution in [0.15, 0.2) is 40.9 Å². The number of aryl methyl sites for hydroxylation is 2. The molecule has 0 bridgehead atoms. The van der Waals surface area contributed by atoms with Gasteiger partial charge in [0, 0.05) is 0 Å². The zero-order valence-electron chi connectivity index (χ0n) is 17.3. The fourth-order valence-electron chi connectivity index (χ4n) is 2.48. The second-order valence-corrected chi connectivity index (χ2v) is 8.05. The third-order valence-electron chi connectivity index (χ3n) is 4.32. The highest BCUT2D eigenvalue weighted by Crippen LogP contribution is 2.28. The topological polar surface area (TPSA) is 76.7 Å². The Morgan fingerprint density at radius 1 is 1.00 bits per heavy atom. The molecule has 0 aliphatic carbocycles. The number of hydrogen-bond donors (Lipinski definition) is 2. The first kappa shape index (κ1) is 22.7. The average molecular weight is 463 g/mol. The molecule has 6 nitrogen and oxygen atoms in total. The summed E-state index contributed by atoms with van der Waals surface area (Å²) in [7, 11) is 0. The fourth-order valence-corrected chi connectivity index (χ4v) is 2.99. The maximum Gasteiger partial charge on any atom is 0.279 e. The molecule has 0 saturated heterocycles. The highest BCUT2D eigenvalue weighted by Gasteiger charge is 2.17. The van der Waals surface area contributed by atoms with E-state index in [1.165, 1.54) is 5.56 Å². The second-order valence-electron chi connectivity index (χ2n) is 7.20. The highest BCUT2D eigenvalue weighted by atomic mass is 79.9. The zero-order valence-corrected chi connectivity index (χ0v) is 18.9. The monoisotopic (exact) mass is 462 g/mol. The standard InChI is InChI=1S/C22H27BrN2O4/c1-13(2)17-8-9-19(18(23)11-17)28-12-21(26)24-25-22(27)16(5)29-20-10-14(3)6-7-15(20)4/h6-11,13,16H,12H2,1-5H3,(H,24,26)(H,25,27). The van der Waals surface area contributed by atoms with Gasteiger partial charge in [0.25, 0.3) is 11.8 Å². The van der Waals surface area contributed by atoms with Crippen LogP contribution >= 0.6 is 15.9 Å². The number of ether oxygens (including phenoxy) is 2. The molecule has 156 valence electrons. The van der Waals surface area contributed by atoms with Gasteiger partial charge in [0.2, 0.25) is 0 Å². The van der Waals surface area contributed by atoms with E-state index in [0.717, 1.165) is 15.6 Å². The second kappa shape index (κ2) is 10.3. The lowest BCUT2D eigenvalue weighted by atomic mass is 10.0. The van der Waals surface area contributed by atoms with Crippen molar-refractivity contribution >= 4 is 27.7 Å². The normalized spacial score (nSPS) is 11.7. The van der Waals surface area contributed by atoms with Gasteiger partial charge in [-0.2, -0.15) is 0 Å². The molecule has 2 N–H and O–H groups in total. The summed E-state index contributed by atoms with van der Waals surface area (Å²) in [5, 5.41) is 0. The van der Waals surface area contributed by atoms with Gasteiger partial charge < -0.3 is 9.47 Å². The molecule has 0 saturated carbocycles. The molecule has 7 heteroatoms. The number of nitrogens with one attached hydrogen (secondary N) is 2. The van der Waals surface area contributed by atoms with Crippen molar-refractivity contribution in [1.29, 1.82) is 0 Å². The van der Waals surface area contributed by atoms with Crippen LogP contribution in [0.5, 0.6) is 11.5 Å². The highest BCUT2D eigenvalue weighted by molar-refractivity contribution is 9.10. The molecular formula is C22H27BrN2O4. The summed E-state index contributed by atoms with van der Waals surface area (Å²) in [4.78, 5) is 24.2. The Bertz CT molecular complexity index is 883. The summed E-state index contributed by atoms with van der Waals surface area (Å²) in [5.41, 5.74) is 7.83. The molecule has 1 atom stereocenters. The van der Waals surface area contributed by atoms with Gasteiger partial charge in [0.1, 0.15) is 11.5 Å². The van der Waals surface area contributed by atoms with Crippen LogP contribution in [0, 0.1) is 13.8 Å². The maximum atomic E-state index is 12.2. The van der Waals surface area contributed by atoms with Crippen LogP contribution in [-0.2, 0) is 9.59 Å². The molecule has 1 unspecified atom stereocenters. The number of hydrogen-bond acceptors (Lipinski definition) is 4. The lowest BCUT2D eigenvalue weighted by Gasteiger charge is -2.17. The molecule has 2 aromatic rings. The summed E-state index contributed by atoms with van der Waals surface area (Å²) < 4.78 is 12.0. The Morgan fingerprint density at radius 2 is 1.72 bits per heavy atom. The summed E-state index contributed by atoms with van der Waals surface area (Å²) in [6.45, 7) is 9.45. The van der Waals surface area contributed by atoms with Gasteiger partial charge in [-0.05, 0) is 77.5 Å². The number of carbonyl (C=O) groups is 2. The van der Waals surface area contributed by atoms with Crippen molar-refractivity contribution in [2.75, 3.05) is 6.61 Å². The Morgan fingerprint density at radius 3 is 2.38 bits per heavy atom. The lowest BCUT2D eigenvalue weighted by molar-refractivity contribution is -0.133. The fraction of sp³-hybridized carbons (Fsp3) is 0.364. The van der Waals surface area contributed by atoms with E-state index in [1.54, 1.807) is 6.92 Å². The Kier molecular flexibility index (Phi) is 8.08. The SMILES string of the molecule is Cc1ccc(C)c(OC(C)C(=O)NNC(=O)COc2ccc(C(C)C)cc2Br)c1. The molecule has 0 radical (unpaired) electrons. The maximum absolute atomic E-state index is 12.2. The van der Waals surface area contributed by atoms with Crippen molar-refractivity contribution in [3.05, 3.63) is 57.6 Å². The molecule has 2 rings (SSSR count). The van der Waals surface area contributed by atoms with Crippen LogP contribution in [0.4, 0.5) is 0 Å². The molecule has 0 aliphatic heterocycles. The van der Waals surface area contributed by atoms with E-state index in [0.29, 0.717) is 17.4 Å². The minimum atomic E-state index is -0.769. The quantitative estimate of drug-likeness (QED) is 0.604. The number of carbonyl (C=O) groups excluding carboxylic acids is 2. The van der Waals surface area contributed by atoms with E-state index < -0.39 is 17.9 Å². The molecule has 0 spiro atoms. The molecule has 2 aromatic carbocycles. The van der Waals surface area contributed by atoms with Gasteiger partial charge in [0.15, 0.2) is 12.7 Å². The van der Waals surface area contributed by atoms with Crippen molar-refractivity contribution in [2.45, 2.75) is 46.6 Å². The zero-order chi connectivity index (χ0) is 21.6. The predicted molar refractivity (Wildman–Crippen MR) is 116 cm³/mol. The smallest absolute Gasteiger partial charge is 0.279 e. The van der Waals surface area contributed by atoms with Crippen LogP contribution in [0.2, 0.25) is 0 Å². The van der Waals surface area contributed by atoms with E-state index in [2.05, 4.69) is 40.6 Å². The summed E-state index contributed by atoms with van der Waals surface area (Å²) >= 11 is 3.45. The number of halogens is 1. The minimum Gasteiger partial charge on any atom is -0.483 e. The first-order valence-electron chi connectivity index (χ1n) is 9.42. The molecule has 0 heterocycles. The van der Waals surface area contributed by atoms with E-state index in [9.17, 15) is 9.59 Å². The number of hydrazine groups is 1. The van der Waals surface area contributed by atoms with Gasteiger partial charge >= 0.3 is 0 Å². The predicted octanol–water partition coefficient (Wildman–Crippen LogP) is 4.18. The Balaban J connectivity index is 1.81. The van der Waals surface area contributed by atoms with E-state index in [-0.39, 0.29) is 6.61 Å². The summed E-state index contributed by atoms with van der Waals surface area (Å²) in [6, 6.07) is 11.5. The third-order valence-corrected chi connectivity index (χ3v) is 4.94. The van der Waals surface area contributed by atoms with Crippen molar-refractivity contribution in [3.8, 4) is 11.5 Å². The van der Waals surface area contributed by atoms with Crippen LogP contribution in [0.3, 0.4) is 0 Å². The molecular weight excluding hydrogens is 436 g/mol. The molecule has 0 aliphatic rings. The Hall–Kier alpha value is -2.54. The molecule has 0 fully saturated rings. The van der Waals surface area contributed by atoms with Gasteiger partial charge in [-0.15, -0.1) is 0 Å². The van der Waals surface area contributed by atoms with E-state index in [4.69, 9.17) is 9.47 Å². The molecule has 2 amide bonds. The van der Waals surface area contributed by atoms with Crippen LogP contribution in [-0.4, -0.2) is 24.5 Å². The van der Waals surface area contributed by atoms with Crippen molar-refractivity contribution in [2.24, 2.45) is 0 Å².